The maximum absolute atomic E-state index is 9.33. The maximum atomic E-state index is 9.33. The van der Waals surface area contributed by atoms with Gasteiger partial charge < -0.3 is 4.90 Å². The van der Waals surface area contributed by atoms with E-state index >= 15 is 0 Å². The van der Waals surface area contributed by atoms with Gasteiger partial charge in [0.05, 0.1) is 11.1 Å². The molecule has 3 nitrogen and oxygen atoms in total. The fourth-order valence-corrected chi connectivity index (χ4v) is 2.39. The molecule has 0 N–H and O–H groups in total. The van der Waals surface area contributed by atoms with Crippen LogP contribution in [0.5, 0.6) is 0 Å². The molecule has 0 saturated heterocycles. The van der Waals surface area contributed by atoms with Gasteiger partial charge in [-0.3, -0.25) is 0 Å². The van der Waals surface area contributed by atoms with Gasteiger partial charge in [-0.1, -0.05) is 29.8 Å². The third kappa shape index (κ3) is 2.17. The number of benzene rings is 1. The van der Waals surface area contributed by atoms with Gasteiger partial charge in [-0.25, -0.2) is 4.98 Å². The van der Waals surface area contributed by atoms with Crippen molar-refractivity contribution in [3.63, 3.8) is 0 Å². The van der Waals surface area contributed by atoms with Crippen molar-refractivity contribution in [2.75, 3.05) is 18.0 Å². The van der Waals surface area contributed by atoms with Crippen molar-refractivity contribution in [3.05, 3.63) is 47.5 Å². The molecule has 2 aromatic rings. The number of hydrogen-bond acceptors (Lipinski definition) is 3. The summed E-state index contributed by atoms with van der Waals surface area (Å²) in [6.45, 7) is 3.92. The van der Waals surface area contributed by atoms with E-state index in [4.69, 9.17) is 0 Å². The van der Waals surface area contributed by atoms with Crippen LogP contribution in [0.2, 0.25) is 0 Å². The third-order valence-corrected chi connectivity index (χ3v) is 3.56. The van der Waals surface area contributed by atoms with Crippen molar-refractivity contribution in [3.8, 4) is 6.07 Å². The lowest BCUT2D eigenvalue weighted by molar-refractivity contribution is 0.776. The molecule has 1 aliphatic heterocycles. The fourth-order valence-electron chi connectivity index (χ4n) is 2.39. The first kappa shape index (κ1) is 11.7. The topological polar surface area (TPSA) is 39.9 Å². The SMILES string of the molecule is CC1=CCN(c2nc3ccccc3cc2C#N)CC1. The van der Waals surface area contributed by atoms with Gasteiger partial charge in [-0.15, -0.1) is 0 Å². The Hall–Kier alpha value is -2.34. The summed E-state index contributed by atoms with van der Waals surface area (Å²) in [6, 6.07) is 12.1. The molecule has 0 spiro atoms. The van der Waals surface area contributed by atoms with Crippen molar-refractivity contribution in [1.82, 2.24) is 4.98 Å². The minimum Gasteiger partial charge on any atom is -0.351 e. The van der Waals surface area contributed by atoms with Crippen LogP contribution >= 0.6 is 0 Å². The highest BCUT2D eigenvalue weighted by Gasteiger charge is 2.16. The molecule has 19 heavy (non-hydrogen) atoms. The highest BCUT2D eigenvalue weighted by atomic mass is 15.2. The minimum absolute atomic E-state index is 0.659. The van der Waals surface area contributed by atoms with Crippen LogP contribution in [0.4, 0.5) is 5.82 Å². The number of nitrogens with zero attached hydrogens (tertiary/aromatic N) is 3. The number of pyridine rings is 1. The van der Waals surface area contributed by atoms with E-state index in [2.05, 4.69) is 29.0 Å². The second-order valence-electron chi connectivity index (χ2n) is 4.91. The Labute approximate surface area is 112 Å². The first-order chi connectivity index (χ1) is 9.28. The lowest BCUT2D eigenvalue weighted by Gasteiger charge is -2.27. The molecule has 0 amide bonds. The first-order valence-electron chi connectivity index (χ1n) is 6.48. The van der Waals surface area contributed by atoms with Gasteiger partial charge in [0.1, 0.15) is 11.9 Å². The zero-order valence-electron chi connectivity index (χ0n) is 10.9. The average molecular weight is 249 g/mol. The van der Waals surface area contributed by atoms with E-state index < -0.39 is 0 Å². The molecular formula is C16H15N3. The van der Waals surface area contributed by atoms with E-state index in [0.717, 1.165) is 36.2 Å². The highest BCUT2D eigenvalue weighted by molar-refractivity contribution is 5.83. The predicted octanol–water partition coefficient (Wildman–Crippen LogP) is 3.26. The van der Waals surface area contributed by atoms with Gasteiger partial charge in [-0.05, 0) is 25.5 Å². The lowest BCUT2D eigenvalue weighted by Crippen LogP contribution is -2.29. The smallest absolute Gasteiger partial charge is 0.147 e. The Balaban J connectivity index is 2.10. The van der Waals surface area contributed by atoms with Crippen LogP contribution < -0.4 is 4.90 Å². The average Bonchev–Trinajstić information content (AvgIpc) is 2.46. The molecular weight excluding hydrogens is 234 g/mol. The van der Waals surface area contributed by atoms with E-state index in [1.54, 1.807) is 0 Å². The Morgan fingerprint density at radius 1 is 1.32 bits per heavy atom. The molecule has 0 aliphatic carbocycles. The number of fused-ring (bicyclic) bond motifs is 1. The van der Waals surface area contributed by atoms with Crippen LogP contribution in [-0.4, -0.2) is 18.1 Å². The molecule has 3 heteroatoms. The van der Waals surface area contributed by atoms with Crippen LogP contribution in [0.1, 0.15) is 18.9 Å². The Morgan fingerprint density at radius 3 is 2.89 bits per heavy atom. The van der Waals surface area contributed by atoms with Gasteiger partial charge >= 0.3 is 0 Å². The summed E-state index contributed by atoms with van der Waals surface area (Å²) in [5.74, 6) is 0.810. The zero-order chi connectivity index (χ0) is 13.2. The van der Waals surface area contributed by atoms with Gasteiger partial charge in [0.15, 0.2) is 0 Å². The summed E-state index contributed by atoms with van der Waals surface area (Å²) < 4.78 is 0. The monoisotopic (exact) mass is 249 g/mol. The molecule has 1 aromatic carbocycles. The minimum atomic E-state index is 0.659. The summed E-state index contributed by atoms with van der Waals surface area (Å²) in [4.78, 5) is 6.85. The largest absolute Gasteiger partial charge is 0.351 e. The second kappa shape index (κ2) is 4.74. The number of rotatable bonds is 1. The van der Waals surface area contributed by atoms with Gasteiger partial charge in [0.2, 0.25) is 0 Å². The Bertz CT molecular complexity index is 695. The number of hydrogen-bond donors (Lipinski definition) is 0. The van der Waals surface area contributed by atoms with Crippen LogP contribution in [-0.2, 0) is 0 Å². The number of aromatic nitrogens is 1. The molecule has 0 bridgehead atoms. The van der Waals surface area contributed by atoms with E-state index in [-0.39, 0.29) is 0 Å². The maximum Gasteiger partial charge on any atom is 0.147 e. The summed E-state index contributed by atoms with van der Waals surface area (Å²) in [7, 11) is 0. The van der Waals surface area contributed by atoms with Crippen LogP contribution in [0, 0.1) is 11.3 Å². The summed E-state index contributed by atoms with van der Waals surface area (Å²) >= 11 is 0. The van der Waals surface area contributed by atoms with Crippen molar-refractivity contribution >= 4 is 16.7 Å². The third-order valence-electron chi connectivity index (χ3n) is 3.56. The van der Waals surface area contributed by atoms with E-state index in [1.807, 2.05) is 30.3 Å². The Kier molecular flexibility index (Phi) is 2.92. The van der Waals surface area contributed by atoms with Gasteiger partial charge in [0.25, 0.3) is 0 Å². The highest BCUT2D eigenvalue weighted by Crippen LogP contribution is 2.25. The normalized spacial score (nSPS) is 15.2. The molecule has 0 atom stereocenters. The van der Waals surface area contributed by atoms with Crippen LogP contribution in [0.25, 0.3) is 10.9 Å². The lowest BCUT2D eigenvalue weighted by atomic mass is 10.1. The Morgan fingerprint density at radius 2 is 2.16 bits per heavy atom. The van der Waals surface area contributed by atoms with Crippen LogP contribution in [0.15, 0.2) is 42.0 Å². The van der Waals surface area contributed by atoms with E-state index in [0.29, 0.717) is 5.56 Å². The van der Waals surface area contributed by atoms with Crippen molar-refractivity contribution < 1.29 is 0 Å². The molecule has 0 fully saturated rings. The van der Waals surface area contributed by atoms with Crippen LogP contribution in [0.3, 0.4) is 0 Å². The number of nitriles is 1. The van der Waals surface area contributed by atoms with Crippen molar-refractivity contribution in [1.29, 1.82) is 5.26 Å². The van der Waals surface area contributed by atoms with Gasteiger partial charge in [0, 0.05) is 18.5 Å². The van der Waals surface area contributed by atoms with Crippen molar-refractivity contribution in [2.45, 2.75) is 13.3 Å². The summed E-state index contributed by atoms with van der Waals surface area (Å²) in [5.41, 5.74) is 3.02. The molecule has 0 radical (unpaired) electrons. The summed E-state index contributed by atoms with van der Waals surface area (Å²) in [6.07, 6.45) is 3.25. The van der Waals surface area contributed by atoms with Crippen molar-refractivity contribution in [2.24, 2.45) is 0 Å². The molecule has 0 unspecified atom stereocenters. The second-order valence-corrected chi connectivity index (χ2v) is 4.91. The quantitative estimate of drug-likeness (QED) is 0.728. The standard InChI is InChI=1S/C16H15N3/c1-12-6-8-19(9-7-12)16-14(11-17)10-13-4-2-3-5-15(13)18-16/h2-6,10H,7-9H2,1H3. The molecule has 0 saturated carbocycles. The van der Waals surface area contributed by atoms with E-state index in [9.17, 15) is 5.26 Å². The molecule has 1 aliphatic rings. The molecule has 3 rings (SSSR count). The zero-order valence-corrected chi connectivity index (χ0v) is 10.9. The molecule has 94 valence electrons. The fraction of sp³-hybridized carbons (Fsp3) is 0.250. The molecule has 2 heterocycles. The molecule has 1 aromatic heterocycles. The predicted molar refractivity (Wildman–Crippen MR) is 77.0 cm³/mol. The summed E-state index contributed by atoms with van der Waals surface area (Å²) in [5, 5.41) is 10.3. The first-order valence-corrected chi connectivity index (χ1v) is 6.48. The van der Waals surface area contributed by atoms with E-state index in [1.165, 1.54) is 5.57 Å². The number of para-hydroxylation sites is 1. The van der Waals surface area contributed by atoms with Gasteiger partial charge in [-0.2, -0.15) is 5.26 Å². The number of anilines is 1.